The third-order valence-corrected chi connectivity index (χ3v) is 3.71. The molecule has 0 atom stereocenters. The molecule has 0 aliphatic heterocycles. The van der Waals surface area contributed by atoms with E-state index in [9.17, 15) is 0 Å². The molecule has 0 amide bonds. The molecular formula is C15H11ClN6O. The van der Waals surface area contributed by atoms with Crippen molar-refractivity contribution in [3.63, 3.8) is 0 Å². The molecule has 0 saturated heterocycles. The number of hydrogen-bond acceptors (Lipinski definition) is 6. The van der Waals surface area contributed by atoms with Crippen molar-refractivity contribution in [2.75, 3.05) is 7.11 Å². The van der Waals surface area contributed by atoms with E-state index in [1.807, 2.05) is 23.5 Å². The van der Waals surface area contributed by atoms with Gasteiger partial charge < -0.3 is 4.74 Å². The summed E-state index contributed by atoms with van der Waals surface area (Å²) >= 11 is 6.01. The van der Waals surface area contributed by atoms with Crippen LogP contribution in [0, 0.1) is 6.92 Å². The third kappa shape index (κ3) is 2.17. The molecule has 0 spiro atoms. The van der Waals surface area contributed by atoms with Gasteiger partial charge in [-0.2, -0.15) is 4.98 Å². The number of pyridine rings is 2. The summed E-state index contributed by atoms with van der Waals surface area (Å²) in [6.45, 7) is 1.88. The van der Waals surface area contributed by atoms with Gasteiger partial charge in [0.05, 0.1) is 12.8 Å². The van der Waals surface area contributed by atoms with Crippen molar-refractivity contribution < 1.29 is 4.74 Å². The number of nitrogens with zero attached hydrogens (tertiary/aromatic N) is 6. The fourth-order valence-corrected chi connectivity index (χ4v) is 2.63. The number of imidazole rings is 1. The lowest BCUT2D eigenvalue weighted by Crippen LogP contribution is -2.00. The van der Waals surface area contributed by atoms with Crippen LogP contribution in [-0.2, 0) is 0 Å². The second kappa shape index (κ2) is 5.13. The molecule has 0 unspecified atom stereocenters. The zero-order valence-electron chi connectivity index (χ0n) is 12.4. The summed E-state index contributed by atoms with van der Waals surface area (Å²) in [5.74, 6) is 1.18. The summed E-state index contributed by atoms with van der Waals surface area (Å²) in [6, 6.07) is 7.15. The molecule has 0 aromatic carbocycles. The van der Waals surface area contributed by atoms with Crippen LogP contribution in [0.15, 0.2) is 30.5 Å². The molecule has 0 radical (unpaired) electrons. The Labute approximate surface area is 136 Å². The second-order valence-corrected chi connectivity index (χ2v) is 5.33. The van der Waals surface area contributed by atoms with E-state index >= 15 is 0 Å². The highest BCUT2D eigenvalue weighted by molar-refractivity contribution is 6.29. The largest absolute Gasteiger partial charge is 0.481 e. The molecular weight excluding hydrogens is 316 g/mol. The van der Waals surface area contributed by atoms with Gasteiger partial charge in [-0.15, -0.1) is 10.2 Å². The molecule has 0 N–H and O–H groups in total. The molecule has 4 rings (SSSR count). The van der Waals surface area contributed by atoms with Crippen LogP contribution in [0.1, 0.15) is 5.69 Å². The van der Waals surface area contributed by atoms with E-state index in [2.05, 4.69) is 25.1 Å². The van der Waals surface area contributed by atoms with Crippen molar-refractivity contribution in [1.29, 1.82) is 0 Å². The van der Waals surface area contributed by atoms with Gasteiger partial charge >= 0.3 is 0 Å². The van der Waals surface area contributed by atoms with Crippen LogP contribution >= 0.6 is 11.6 Å². The molecule has 23 heavy (non-hydrogen) atoms. The van der Waals surface area contributed by atoms with Gasteiger partial charge in [0.25, 0.3) is 0 Å². The highest BCUT2D eigenvalue weighted by atomic mass is 35.5. The number of aryl methyl sites for hydroxylation is 1. The zero-order chi connectivity index (χ0) is 16.0. The summed E-state index contributed by atoms with van der Waals surface area (Å²) in [4.78, 5) is 13.1. The standard InChI is InChI=1S/C15H11ClN6O/c1-8-13-21-20-10-3-4-12(23-2)19-15(10)22(13)14(18-8)9-5-6-17-11(16)7-9/h3-7H,1-2H3. The lowest BCUT2D eigenvalue weighted by molar-refractivity contribution is 0.399. The number of rotatable bonds is 2. The Balaban J connectivity index is 2.14. The highest BCUT2D eigenvalue weighted by Crippen LogP contribution is 2.26. The maximum atomic E-state index is 6.01. The molecule has 0 bridgehead atoms. The Kier molecular flexibility index (Phi) is 3.09. The zero-order valence-corrected chi connectivity index (χ0v) is 13.1. The lowest BCUT2D eigenvalue weighted by Gasteiger charge is -2.06. The first-order valence-corrected chi connectivity index (χ1v) is 7.23. The van der Waals surface area contributed by atoms with E-state index < -0.39 is 0 Å². The minimum absolute atomic E-state index is 0.397. The van der Waals surface area contributed by atoms with Gasteiger partial charge in [-0.1, -0.05) is 11.6 Å². The molecule has 114 valence electrons. The van der Waals surface area contributed by atoms with Gasteiger partial charge in [0.1, 0.15) is 16.5 Å². The second-order valence-electron chi connectivity index (χ2n) is 4.94. The van der Waals surface area contributed by atoms with Crippen LogP contribution in [0.2, 0.25) is 5.15 Å². The number of aromatic nitrogens is 6. The summed E-state index contributed by atoms with van der Waals surface area (Å²) in [5.41, 5.74) is 3.50. The van der Waals surface area contributed by atoms with Crippen molar-refractivity contribution >= 4 is 28.4 Å². The van der Waals surface area contributed by atoms with Gasteiger partial charge in [0.15, 0.2) is 11.3 Å². The van der Waals surface area contributed by atoms with E-state index in [1.165, 1.54) is 0 Å². The maximum Gasteiger partial charge on any atom is 0.215 e. The average Bonchev–Trinajstić information content (AvgIpc) is 2.92. The number of hydrogen-bond donors (Lipinski definition) is 0. The first-order chi connectivity index (χ1) is 11.2. The van der Waals surface area contributed by atoms with Crippen LogP contribution in [0.25, 0.3) is 28.2 Å². The topological polar surface area (TPSA) is 78.1 Å². The average molecular weight is 327 g/mol. The van der Waals surface area contributed by atoms with Crippen molar-refractivity contribution in [3.05, 3.63) is 41.3 Å². The van der Waals surface area contributed by atoms with E-state index in [4.69, 9.17) is 16.3 Å². The number of ether oxygens (including phenoxy) is 1. The van der Waals surface area contributed by atoms with E-state index in [0.29, 0.717) is 33.7 Å². The molecule has 8 heteroatoms. The monoisotopic (exact) mass is 326 g/mol. The van der Waals surface area contributed by atoms with Crippen molar-refractivity contribution in [3.8, 4) is 17.3 Å². The van der Waals surface area contributed by atoms with Crippen molar-refractivity contribution in [2.24, 2.45) is 0 Å². The lowest BCUT2D eigenvalue weighted by atomic mass is 10.2. The van der Waals surface area contributed by atoms with Gasteiger partial charge in [-0.3, -0.25) is 4.40 Å². The van der Waals surface area contributed by atoms with E-state index in [0.717, 1.165) is 11.3 Å². The van der Waals surface area contributed by atoms with Crippen molar-refractivity contribution in [1.82, 2.24) is 29.5 Å². The molecule has 0 saturated carbocycles. The smallest absolute Gasteiger partial charge is 0.215 e. The van der Waals surface area contributed by atoms with Crippen LogP contribution in [0.3, 0.4) is 0 Å². The Hall–Kier alpha value is -2.80. The van der Waals surface area contributed by atoms with Gasteiger partial charge in [-0.25, -0.2) is 9.97 Å². The minimum atomic E-state index is 0.397. The van der Waals surface area contributed by atoms with Crippen LogP contribution in [0.5, 0.6) is 5.88 Å². The molecule has 0 aliphatic carbocycles. The van der Waals surface area contributed by atoms with Gasteiger partial charge in [-0.05, 0) is 25.1 Å². The predicted molar refractivity (Wildman–Crippen MR) is 85.6 cm³/mol. The molecule has 4 heterocycles. The van der Waals surface area contributed by atoms with Gasteiger partial charge in [0, 0.05) is 17.8 Å². The first kappa shape index (κ1) is 13.8. The Bertz CT molecular complexity index is 1040. The van der Waals surface area contributed by atoms with Crippen LogP contribution < -0.4 is 4.74 Å². The molecule has 0 fully saturated rings. The molecule has 7 nitrogen and oxygen atoms in total. The summed E-state index contributed by atoms with van der Waals surface area (Å²) in [7, 11) is 1.57. The predicted octanol–water partition coefficient (Wildman–Crippen LogP) is 2.70. The third-order valence-electron chi connectivity index (χ3n) is 3.51. The highest BCUT2D eigenvalue weighted by Gasteiger charge is 2.16. The number of methoxy groups -OCH3 is 1. The normalized spacial score (nSPS) is 11.3. The summed E-state index contributed by atoms with van der Waals surface area (Å²) in [6.07, 6.45) is 1.64. The summed E-state index contributed by atoms with van der Waals surface area (Å²) in [5, 5.41) is 8.85. The van der Waals surface area contributed by atoms with E-state index in [-0.39, 0.29) is 0 Å². The fraction of sp³-hybridized carbons (Fsp3) is 0.133. The summed E-state index contributed by atoms with van der Waals surface area (Å²) < 4.78 is 7.07. The van der Waals surface area contributed by atoms with E-state index in [1.54, 1.807) is 25.4 Å². The maximum absolute atomic E-state index is 6.01. The van der Waals surface area contributed by atoms with Crippen molar-refractivity contribution in [2.45, 2.75) is 6.92 Å². The Morgan fingerprint density at radius 2 is 1.96 bits per heavy atom. The minimum Gasteiger partial charge on any atom is -0.481 e. The molecule has 4 aromatic rings. The number of fused-ring (bicyclic) bond motifs is 3. The van der Waals surface area contributed by atoms with Crippen LogP contribution in [-0.4, -0.2) is 36.7 Å². The Morgan fingerprint density at radius 1 is 1.09 bits per heavy atom. The number of halogens is 1. The quantitative estimate of drug-likeness (QED) is 0.527. The molecule has 0 aliphatic rings. The fourth-order valence-electron chi connectivity index (χ4n) is 2.46. The Morgan fingerprint density at radius 3 is 2.74 bits per heavy atom. The SMILES string of the molecule is COc1ccc2nnc3c(C)nc(-c4ccnc(Cl)c4)n3c2n1. The first-order valence-electron chi connectivity index (χ1n) is 6.86. The van der Waals surface area contributed by atoms with Crippen LogP contribution in [0.4, 0.5) is 0 Å². The molecule has 4 aromatic heterocycles. The van der Waals surface area contributed by atoms with Gasteiger partial charge in [0.2, 0.25) is 5.88 Å².